The summed E-state index contributed by atoms with van der Waals surface area (Å²) in [5.41, 5.74) is -2.50. The third-order valence-electron chi connectivity index (χ3n) is 25.4. The summed E-state index contributed by atoms with van der Waals surface area (Å²) in [6, 6.07) is 13.3. The zero-order valence-corrected chi connectivity index (χ0v) is 68.0. The molecule has 2 saturated heterocycles. The lowest BCUT2D eigenvalue weighted by Gasteiger charge is -2.32. The number of esters is 2. The molecular formula is C86H114N6O18S2. The van der Waals surface area contributed by atoms with Gasteiger partial charge in [0.15, 0.2) is 11.6 Å². The fourth-order valence-electron chi connectivity index (χ4n) is 17.1. The van der Waals surface area contributed by atoms with Gasteiger partial charge in [-0.25, -0.2) is 26.8 Å². The topological polar surface area (TPSA) is 317 Å². The van der Waals surface area contributed by atoms with E-state index in [0.717, 1.165) is 85.8 Å². The van der Waals surface area contributed by atoms with Crippen molar-refractivity contribution in [3.63, 3.8) is 0 Å². The number of sulfonamides is 2. The predicted molar refractivity (Wildman–Crippen MR) is 420 cm³/mol. The van der Waals surface area contributed by atoms with Crippen molar-refractivity contribution in [2.45, 2.75) is 244 Å². The Bertz CT molecular complexity index is 4230. The number of carbonyl (C=O) groups is 8. The van der Waals surface area contributed by atoms with Crippen molar-refractivity contribution in [3.05, 3.63) is 85.2 Å². The molecule has 608 valence electrons. The largest absolute Gasteiger partial charge is 0.491 e. The van der Waals surface area contributed by atoms with Gasteiger partial charge in [0.05, 0.1) is 110 Å². The van der Waals surface area contributed by atoms with E-state index < -0.39 is 101 Å². The number of aromatic nitrogens is 2. The average molecular weight is 1580 g/mol. The quantitative estimate of drug-likeness (QED) is 0.0486. The molecule has 14 rings (SSSR count). The molecule has 0 spiro atoms. The highest BCUT2D eigenvalue weighted by Gasteiger charge is 2.64. The zero-order chi connectivity index (χ0) is 79.7. The van der Waals surface area contributed by atoms with E-state index in [9.17, 15) is 55.2 Å². The Morgan fingerprint density at radius 1 is 0.527 bits per heavy atom. The molecular weight excluding hydrogens is 1470 g/mol. The van der Waals surface area contributed by atoms with Gasteiger partial charge in [0.2, 0.25) is 55.4 Å². The lowest BCUT2D eigenvalue weighted by Crippen LogP contribution is -2.47. The summed E-state index contributed by atoms with van der Waals surface area (Å²) < 4.78 is 92.9. The van der Waals surface area contributed by atoms with Crippen LogP contribution in [0.3, 0.4) is 0 Å². The Balaban J connectivity index is 0.000000196. The first-order valence-corrected chi connectivity index (χ1v) is 44.3. The normalized spacial score (nSPS) is 31.0. The van der Waals surface area contributed by atoms with Gasteiger partial charge < -0.3 is 38.2 Å². The summed E-state index contributed by atoms with van der Waals surface area (Å²) in [7, 11) is -7.70. The number of ketones is 2. The molecule has 14 atom stereocenters. The van der Waals surface area contributed by atoms with Gasteiger partial charge in [-0.15, -0.1) is 0 Å². The number of fused-ring (bicyclic) bond motifs is 6. The number of rotatable bonds is 24. The van der Waals surface area contributed by atoms with Gasteiger partial charge in [0, 0.05) is 58.1 Å². The number of hydrogen-bond donors (Lipinski definition) is 2. The molecule has 4 aliphatic heterocycles. The Labute approximate surface area is 659 Å². The number of nitrogens with zero attached hydrogens (tertiary/aromatic N) is 4. The number of Topliss-reactive ketones (excluding diaryl/α,β-unsaturated/α-hetero) is 2. The van der Waals surface area contributed by atoms with Gasteiger partial charge in [0.1, 0.15) is 23.7 Å². The summed E-state index contributed by atoms with van der Waals surface area (Å²) in [5.74, 6) is -3.55. The molecule has 8 fully saturated rings. The predicted octanol–water partition coefficient (Wildman–Crippen LogP) is 12.6. The molecule has 2 N–H and O–H groups in total. The first kappa shape index (κ1) is 82.0. The van der Waals surface area contributed by atoms with E-state index in [0.29, 0.717) is 101 Å². The summed E-state index contributed by atoms with van der Waals surface area (Å²) in [6.45, 7) is 18.3. The van der Waals surface area contributed by atoms with E-state index in [2.05, 4.69) is 47.1 Å². The molecule has 24 nitrogen and oxygen atoms in total. The van der Waals surface area contributed by atoms with Gasteiger partial charge in [-0.05, 0) is 163 Å². The molecule has 0 bridgehead atoms. The number of allylic oxidation sites excluding steroid dienone is 4. The van der Waals surface area contributed by atoms with Crippen LogP contribution < -0.4 is 28.4 Å². The van der Waals surface area contributed by atoms with Crippen LogP contribution in [0, 0.1) is 69.0 Å². The number of amides is 4. The van der Waals surface area contributed by atoms with E-state index >= 15 is 0 Å². The SMILES string of the molecule is CCCOc1cnc(O[C@@H]2C[C@H]3C(=O)C[C@]4(C(=O)NS(=O)(=O)C5CC5)C[C@H]4/C=C\CC[C@@H](C)C[C@@H](C)[C@H](CC(=O)OCC4(C)CC4)C(=O)N3C2)c2ccccc12.CCCOc1cnc(O[C@@H]2C[C@H]3C(=O)C[C@]4(C(=O)NS(=O)(=O)C5CC5)C[C@H]4/C=C\CC[C@H](C)C[C@@H](C)[C@H](CC(=O)OCC4(C)CC4)C(=O)N3C2)c2ccccc12. The molecule has 0 radical (unpaired) electrons. The molecule has 26 heteroatoms. The van der Waals surface area contributed by atoms with E-state index in [1.54, 1.807) is 22.2 Å². The summed E-state index contributed by atoms with van der Waals surface area (Å²) >= 11 is 0. The van der Waals surface area contributed by atoms with E-state index in [1.165, 1.54) is 0 Å². The van der Waals surface area contributed by atoms with Crippen molar-refractivity contribution >= 4 is 88.7 Å². The second kappa shape index (κ2) is 33.8. The molecule has 2 aromatic heterocycles. The van der Waals surface area contributed by atoms with Crippen molar-refractivity contribution in [2.75, 3.05) is 39.5 Å². The van der Waals surface area contributed by atoms with Crippen molar-refractivity contribution in [3.8, 4) is 23.3 Å². The lowest BCUT2D eigenvalue weighted by molar-refractivity contribution is -0.153. The summed E-state index contributed by atoms with van der Waals surface area (Å²) in [6.07, 6.45) is 22.4. The maximum atomic E-state index is 14.9. The second-order valence-corrected chi connectivity index (χ2v) is 39.3. The average Bonchev–Trinajstić information content (AvgIpc) is 1.57. The number of hydrogen-bond acceptors (Lipinski definition) is 20. The highest BCUT2D eigenvalue weighted by atomic mass is 32.2. The molecule has 10 aliphatic rings. The monoisotopic (exact) mass is 1580 g/mol. The van der Waals surface area contributed by atoms with Crippen molar-refractivity contribution in [1.29, 1.82) is 0 Å². The van der Waals surface area contributed by atoms with Gasteiger partial charge in [0.25, 0.3) is 0 Å². The van der Waals surface area contributed by atoms with Crippen LogP contribution >= 0.6 is 0 Å². The number of ether oxygens (including phenoxy) is 6. The smallest absolute Gasteiger partial charge is 0.306 e. The minimum atomic E-state index is -3.85. The number of pyridine rings is 2. The molecule has 6 aliphatic carbocycles. The van der Waals surface area contributed by atoms with E-state index in [4.69, 9.17) is 28.4 Å². The number of carbonyl (C=O) groups excluding carboxylic acids is 8. The Hall–Kier alpha value is -8.00. The fourth-order valence-corrected chi connectivity index (χ4v) is 19.9. The number of nitrogens with one attached hydrogen (secondary N) is 2. The van der Waals surface area contributed by atoms with Crippen LogP contribution in [-0.2, 0) is 67.9 Å². The standard InChI is InChI=1S/2C43H57N3O9S/c2*1-5-18-53-37-24-44-39(33-13-9-8-12-32(33)37)55-30-20-35-36(47)23-43(41(50)45-56(51,52)31-14-15-31)22-29(43)11-7-6-10-27(2)19-28(3)34(40(49)46(35)25-30)21-38(48)54-26-42(4)16-17-42/h2*7-9,11-13,24,27-31,34-35H,5-6,10,14-23,25-26H2,1-4H3,(H,45,50)/b2*11-7-/t27-,28+,29+,30+,34-,35-,43+;27-,28-,29-,30-,34+,35+,43-/m01/s1. The number of benzene rings is 2. The molecule has 6 heterocycles. The van der Waals surface area contributed by atoms with Crippen LogP contribution in [0.5, 0.6) is 23.3 Å². The molecule has 6 saturated carbocycles. The molecule has 2 aromatic carbocycles. The van der Waals surface area contributed by atoms with Crippen LogP contribution in [0.15, 0.2) is 85.2 Å². The van der Waals surface area contributed by atoms with E-state index in [-0.39, 0.29) is 121 Å². The third-order valence-corrected chi connectivity index (χ3v) is 29.0. The van der Waals surface area contributed by atoms with Crippen LogP contribution in [0.25, 0.3) is 21.5 Å². The summed E-state index contributed by atoms with van der Waals surface area (Å²) in [4.78, 5) is 126. The van der Waals surface area contributed by atoms with Crippen LogP contribution in [-0.4, -0.2) is 158 Å². The van der Waals surface area contributed by atoms with Crippen LogP contribution in [0.2, 0.25) is 0 Å². The highest BCUT2D eigenvalue weighted by molar-refractivity contribution is 7.91. The maximum Gasteiger partial charge on any atom is 0.306 e. The van der Waals surface area contributed by atoms with Gasteiger partial charge in [-0.2, -0.15) is 0 Å². The Morgan fingerprint density at radius 3 is 1.26 bits per heavy atom. The minimum Gasteiger partial charge on any atom is -0.491 e. The summed E-state index contributed by atoms with van der Waals surface area (Å²) in [5, 5.41) is 1.94. The highest BCUT2D eigenvalue weighted by Crippen LogP contribution is 2.59. The minimum absolute atomic E-state index is 0.00838. The van der Waals surface area contributed by atoms with E-state index in [1.807, 2.05) is 101 Å². The molecule has 112 heavy (non-hydrogen) atoms. The third kappa shape index (κ3) is 19.3. The lowest BCUT2D eigenvalue weighted by atomic mass is 9.82. The van der Waals surface area contributed by atoms with Crippen LogP contribution in [0.4, 0.5) is 0 Å². The van der Waals surface area contributed by atoms with Gasteiger partial charge in [-0.1, -0.05) is 116 Å². The molecule has 4 aromatic rings. The fraction of sp³-hybridized carbons (Fsp3) is 0.651. The molecule has 0 unspecified atom stereocenters. The Kier molecular flexibility index (Phi) is 24.8. The van der Waals surface area contributed by atoms with Crippen molar-refractivity contribution in [1.82, 2.24) is 29.2 Å². The zero-order valence-electron chi connectivity index (χ0n) is 66.3. The maximum absolute atomic E-state index is 14.9. The Morgan fingerprint density at radius 2 is 0.902 bits per heavy atom. The van der Waals surface area contributed by atoms with Crippen LogP contribution in [0.1, 0.15) is 209 Å². The van der Waals surface area contributed by atoms with Gasteiger partial charge in [-0.3, -0.25) is 47.8 Å². The second-order valence-electron chi connectivity index (χ2n) is 35.4. The van der Waals surface area contributed by atoms with Crippen molar-refractivity contribution in [2.24, 2.45) is 69.0 Å². The first-order valence-electron chi connectivity index (χ1n) is 41.2. The first-order chi connectivity index (χ1) is 53.4. The molecule has 4 amide bonds. The van der Waals surface area contributed by atoms with Gasteiger partial charge >= 0.3 is 11.9 Å². The van der Waals surface area contributed by atoms with Crippen molar-refractivity contribution < 1.29 is 83.6 Å².